The summed E-state index contributed by atoms with van der Waals surface area (Å²) in [5.74, 6) is 0.428. The average Bonchev–Trinajstić information content (AvgIpc) is 2.79. The lowest BCUT2D eigenvalue weighted by Crippen LogP contribution is -2.36. The number of rotatable bonds is 2. The Hall–Kier alpha value is -0.805. The summed E-state index contributed by atoms with van der Waals surface area (Å²) in [7, 11) is -0.307. The molecule has 1 aliphatic rings. The minimum Gasteiger partial charge on any atom is -0.401 e. The molecular weight excluding hydrogens is 239 g/mol. The molecule has 1 aromatic heterocycles. The topological polar surface area (TPSA) is 36.3 Å². The van der Waals surface area contributed by atoms with Crippen LogP contribution in [0.1, 0.15) is 48.5 Å². The molecule has 1 unspecified atom stereocenters. The van der Waals surface area contributed by atoms with Gasteiger partial charge in [0.1, 0.15) is 0 Å². The van der Waals surface area contributed by atoms with Crippen molar-refractivity contribution >= 4 is 12.6 Å². The highest BCUT2D eigenvalue weighted by Gasteiger charge is 2.47. The lowest BCUT2D eigenvalue weighted by atomic mass is 9.82. The van der Waals surface area contributed by atoms with Crippen LogP contribution < -0.4 is 5.46 Å². The predicted octanol–water partition coefficient (Wildman–Crippen LogP) is 2.18. The van der Waals surface area contributed by atoms with E-state index in [1.165, 1.54) is 0 Å². The number of aromatic nitrogens is 2. The predicted molar refractivity (Wildman–Crippen MR) is 77.5 cm³/mol. The second-order valence-corrected chi connectivity index (χ2v) is 7.24. The van der Waals surface area contributed by atoms with Crippen LogP contribution in [0.5, 0.6) is 0 Å². The smallest absolute Gasteiger partial charge is 0.401 e. The molecule has 0 amide bonds. The van der Waals surface area contributed by atoms with Gasteiger partial charge in [-0.25, -0.2) is 0 Å². The minimum absolute atomic E-state index is 0.0240. The standard InChI is InChI=1S/C14H25BN2O2/c1-10(2)12-14(6,7)19-15(18-12)11-8-16-17(9-11)13(3,4)5/h8-10,12H,1-7H3. The van der Waals surface area contributed by atoms with E-state index in [1.54, 1.807) is 0 Å². The summed E-state index contributed by atoms with van der Waals surface area (Å²) in [6.45, 7) is 14.9. The number of hydrogen-bond acceptors (Lipinski definition) is 3. The van der Waals surface area contributed by atoms with Crippen molar-refractivity contribution in [1.29, 1.82) is 0 Å². The highest BCUT2D eigenvalue weighted by molar-refractivity contribution is 6.61. The Morgan fingerprint density at radius 3 is 2.42 bits per heavy atom. The first-order valence-electron chi connectivity index (χ1n) is 6.99. The van der Waals surface area contributed by atoms with E-state index in [0.717, 1.165) is 5.46 Å². The molecule has 0 spiro atoms. The Morgan fingerprint density at radius 2 is 2.00 bits per heavy atom. The van der Waals surface area contributed by atoms with Gasteiger partial charge in [0, 0.05) is 17.9 Å². The maximum atomic E-state index is 6.07. The highest BCUT2D eigenvalue weighted by Crippen LogP contribution is 2.32. The Balaban J connectivity index is 2.19. The van der Waals surface area contributed by atoms with E-state index >= 15 is 0 Å². The van der Waals surface area contributed by atoms with Crippen LogP contribution >= 0.6 is 0 Å². The largest absolute Gasteiger partial charge is 0.497 e. The molecule has 5 heteroatoms. The van der Waals surface area contributed by atoms with Gasteiger partial charge in [-0.2, -0.15) is 5.10 Å². The Kier molecular flexibility index (Phi) is 3.56. The molecule has 1 atom stereocenters. The number of hydrogen-bond donors (Lipinski definition) is 0. The second kappa shape index (κ2) is 4.63. The first-order chi connectivity index (χ1) is 8.61. The molecule has 0 saturated carbocycles. The zero-order valence-electron chi connectivity index (χ0n) is 13.1. The molecule has 0 N–H and O–H groups in total. The highest BCUT2D eigenvalue weighted by atomic mass is 16.7. The van der Waals surface area contributed by atoms with Gasteiger partial charge in [0.05, 0.1) is 17.2 Å². The third kappa shape index (κ3) is 2.87. The molecular formula is C14H25BN2O2. The van der Waals surface area contributed by atoms with Gasteiger partial charge in [0.25, 0.3) is 0 Å². The van der Waals surface area contributed by atoms with Crippen molar-refractivity contribution in [3.8, 4) is 0 Å². The summed E-state index contributed by atoms with van der Waals surface area (Å²) in [6, 6.07) is 0. The molecule has 1 saturated heterocycles. The molecule has 0 aromatic carbocycles. The third-order valence-corrected chi connectivity index (χ3v) is 3.53. The van der Waals surface area contributed by atoms with Crippen molar-refractivity contribution in [2.24, 2.45) is 5.92 Å². The van der Waals surface area contributed by atoms with Gasteiger partial charge >= 0.3 is 7.12 Å². The van der Waals surface area contributed by atoms with Crippen LogP contribution in [0.4, 0.5) is 0 Å². The molecule has 1 fully saturated rings. The fourth-order valence-electron chi connectivity index (χ4n) is 2.60. The van der Waals surface area contributed by atoms with Crippen molar-refractivity contribution in [2.45, 2.75) is 65.7 Å². The quantitative estimate of drug-likeness (QED) is 0.768. The van der Waals surface area contributed by atoms with Crippen LogP contribution in [0.15, 0.2) is 12.4 Å². The summed E-state index contributed by atoms with van der Waals surface area (Å²) in [5, 5.41) is 4.41. The average molecular weight is 264 g/mol. The molecule has 0 radical (unpaired) electrons. The van der Waals surface area contributed by atoms with E-state index < -0.39 is 0 Å². The Labute approximate surface area is 116 Å². The normalized spacial score (nSPS) is 23.4. The van der Waals surface area contributed by atoms with Crippen LogP contribution in [0.2, 0.25) is 0 Å². The minimum atomic E-state index is -0.307. The molecule has 0 bridgehead atoms. The lowest BCUT2D eigenvalue weighted by Gasteiger charge is -2.28. The van der Waals surface area contributed by atoms with Crippen LogP contribution in [-0.2, 0) is 14.8 Å². The van der Waals surface area contributed by atoms with Crippen LogP contribution in [0, 0.1) is 5.92 Å². The van der Waals surface area contributed by atoms with Crippen molar-refractivity contribution in [1.82, 2.24) is 9.78 Å². The fraction of sp³-hybridized carbons (Fsp3) is 0.786. The van der Waals surface area contributed by atoms with Gasteiger partial charge in [0.2, 0.25) is 0 Å². The van der Waals surface area contributed by atoms with Crippen molar-refractivity contribution in [3.05, 3.63) is 12.4 Å². The van der Waals surface area contributed by atoms with E-state index in [1.807, 2.05) is 17.1 Å². The summed E-state index contributed by atoms with van der Waals surface area (Å²) in [6.07, 6.45) is 3.97. The second-order valence-electron chi connectivity index (χ2n) is 7.24. The molecule has 2 rings (SSSR count). The molecule has 1 aliphatic heterocycles. The van der Waals surface area contributed by atoms with Gasteiger partial charge < -0.3 is 9.31 Å². The van der Waals surface area contributed by atoms with E-state index in [2.05, 4.69) is 53.6 Å². The van der Waals surface area contributed by atoms with E-state index in [-0.39, 0.29) is 24.4 Å². The summed E-state index contributed by atoms with van der Waals surface area (Å²) in [5.41, 5.74) is 0.707. The lowest BCUT2D eigenvalue weighted by molar-refractivity contribution is 0.0438. The molecule has 1 aromatic rings. The summed E-state index contributed by atoms with van der Waals surface area (Å²) in [4.78, 5) is 0. The Morgan fingerprint density at radius 1 is 1.37 bits per heavy atom. The van der Waals surface area contributed by atoms with E-state index in [0.29, 0.717) is 5.92 Å². The molecule has 0 aliphatic carbocycles. The zero-order valence-corrected chi connectivity index (χ0v) is 13.1. The van der Waals surface area contributed by atoms with Crippen molar-refractivity contribution in [3.63, 3.8) is 0 Å². The van der Waals surface area contributed by atoms with Gasteiger partial charge in [-0.3, -0.25) is 4.68 Å². The molecule has 2 heterocycles. The van der Waals surface area contributed by atoms with Gasteiger partial charge in [-0.05, 0) is 40.5 Å². The van der Waals surface area contributed by atoms with Crippen molar-refractivity contribution < 1.29 is 9.31 Å². The van der Waals surface area contributed by atoms with Gasteiger partial charge in [-0.1, -0.05) is 13.8 Å². The molecule has 106 valence electrons. The van der Waals surface area contributed by atoms with Crippen LogP contribution in [-0.4, -0.2) is 28.6 Å². The summed E-state index contributed by atoms with van der Waals surface area (Å²) < 4.78 is 14.1. The van der Waals surface area contributed by atoms with E-state index in [9.17, 15) is 0 Å². The van der Waals surface area contributed by atoms with Crippen LogP contribution in [0.3, 0.4) is 0 Å². The van der Waals surface area contributed by atoms with Gasteiger partial charge in [-0.15, -0.1) is 0 Å². The first-order valence-corrected chi connectivity index (χ1v) is 6.99. The maximum Gasteiger partial charge on any atom is 0.497 e. The van der Waals surface area contributed by atoms with Gasteiger partial charge in [0.15, 0.2) is 0 Å². The monoisotopic (exact) mass is 264 g/mol. The van der Waals surface area contributed by atoms with Crippen LogP contribution in [0.25, 0.3) is 0 Å². The van der Waals surface area contributed by atoms with Crippen molar-refractivity contribution in [2.75, 3.05) is 0 Å². The summed E-state index contributed by atoms with van der Waals surface area (Å²) >= 11 is 0. The number of nitrogens with zero attached hydrogens (tertiary/aromatic N) is 2. The zero-order chi connectivity index (χ0) is 14.4. The molecule has 4 nitrogen and oxygen atoms in total. The first kappa shape index (κ1) is 14.6. The third-order valence-electron chi connectivity index (χ3n) is 3.53. The molecule has 19 heavy (non-hydrogen) atoms. The fourth-order valence-corrected chi connectivity index (χ4v) is 2.60. The van der Waals surface area contributed by atoms with E-state index in [4.69, 9.17) is 9.31 Å². The SMILES string of the molecule is CC(C)C1OB(c2cnn(C(C)(C)C)c2)OC1(C)C. The Bertz CT molecular complexity index is 449. The maximum absolute atomic E-state index is 6.07.